The Labute approximate surface area is 134 Å². The van der Waals surface area contributed by atoms with Gasteiger partial charge in [-0.1, -0.05) is 13.8 Å². The van der Waals surface area contributed by atoms with Crippen LogP contribution in [0.2, 0.25) is 0 Å². The van der Waals surface area contributed by atoms with Gasteiger partial charge >= 0.3 is 0 Å². The van der Waals surface area contributed by atoms with E-state index in [0.29, 0.717) is 12.0 Å². The Morgan fingerprint density at radius 1 is 1.32 bits per heavy atom. The number of morpholine rings is 1. The second-order valence-corrected chi connectivity index (χ2v) is 7.26. The third-order valence-electron chi connectivity index (χ3n) is 4.78. The van der Waals surface area contributed by atoms with Crippen LogP contribution in [0.3, 0.4) is 0 Å². The van der Waals surface area contributed by atoms with Crippen molar-refractivity contribution in [2.24, 2.45) is 5.92 Å². The van der Waals surface area contributed by atoms with Crippen molar-refractivity contribution in [2.45, 2.75) is 38.7 Å². The molecule has 2 saturated heterocycles. The summed E-state index contributed by atoms with van der Waals surface area (Å²) in [5.74, 6) is 1.34. The van der Waals surface area contributed by atoms with Crippen molar-refractivity contribution in [3.8, 4) is 0 Å². The molecule has 2 aliphatic heterocycles. The third-order valence-corrected chi connectivity index (χ3v) is 4.78. The molecule has 0 aliphatic carbocycles. The average Bonchev–Trinajstić information content (AvgIpc) is 3.01. The van der Waals surface area contributed by atoms with Crippen LogP contribution < -0.4 is 0 Å². The maximum absolute atomic E-state index is 6.01. The summed E-state index contributed by atoms with van der Waals surface area (Å²) < 4.78 is 6.01. The van der Waals surface area contributed by atoms with Crippen molar-refractivity contribution >= 4 is 0 Å². The summed E-state index contributed by atoms with van der Waals surface area (Å²) in [5.41, 5.74) is 1.29. The van der Waals surface area contributed by atoms with Gasteiger partial charge in [0.2, 0.25) is 0 Å². The standard InChI is InChI=1S/C17H30N4O/c1-14(2)10-21-8-9-22-16(13-21)12-20-7-3-4-15(11-20)17-5-6-18-19-17/h5-6,14-16H,3-4,7-13H2,1-2H3,(H,18,19)/t15-,16-/m1/s1. The summed E-state index contributed by atoms with van der Waals surface area (Å²) in [6.07, 6.45) is 4.77. The fourth-order valence-corrected chi connectivity index (χ4v) is 3.83. The molecular weight excluding hydrogens is 276 g/mol. The van der Waals surface area contributed by atoms with Crippen LogP contribution >= 0.6 is 0 Å². The maximum atomic E-state index is 6.01. The van der Waals surface area contributed by atoms with Crippen LogP contribution in [0.15, 0.2) is 12.3 Å². The van der Waals surface area contributed by atoms with E-state index in [2.05, 4.69) is 39.9 Å². The Morgan fingerprint density at radius 3 is 3.00 bits per heavy atom. The van der Waals surface area contributed by atoms with Crippen molar-refractivity contribution in [2.75, 3.05) is 45.9 Å². The Morgan fingerprint density at radius 2 is 2.23 bits per heavy atom. The molecule has 0 aromatic carbocycles. The molecule has 3 rings (SSSR count). The first-order valence-electron chi connectivity index (χ1n) is 8.76. The summed E-state index contributed by atoms with van der Waals surface area (Å²) in [6.45, 7) is 12.2. The molecule has 124 valence electrons. The molecule has 3 heterocycles. The molecule has 2 fully saturated rings. The predicted octanol–water partition coefficient (Wildman–Crippen LogP) is 1.95. The Kier molecular flexibility index (Phi) is 5.50. The van der Waals surface area contributed by atoms with Crippen molar-refractivity contribution in [1.29, 1.82) is 0 Å². The lowest BCUT2D eigenvalue weighted by molar-refractivity contribution is -0.0487. The van der Waals surface area contributed by atoms with E-state index >= 15 is 0 Å². The fraction of sp³-hybridized carbons (Fsp3) is 0.824. The molecule has 0 unspecified atom stereocenters. The summed E-state index contributed by atoms with van der Waals surface area (Å²) in [5, 5.41) is 7.24. The molecule has 0 radical (unpaired) electrons. The lowest BCUT2D eigenvalue weighted by Crippen LogP contribution is -2.49. The van der Waals surface area contributed by atoms with E-state index in [0.717, 1.165) is 38.7 Å². The molecule has 1 N–H and O–H groups in total. The molecule has 5 nitrogen and oxygen atoms in total. The Bertz CT molecular complexity index is 434. The quantitative estimate of drug-likeness (QED) is 0.903. The number of aromatic nitrogens is 2. The van der Waals surface area contributed by atoms with E-state index in [1.165, 1.54) is 31.6 Å². The lowest BCUT2D eigenvalue weighted by atomic mass is 9.94. The second kappa shape index (κ2) is 7.57. The van der Waals surface area contributed by atoms with E-state index in [4.69, 9.17) is 4.74 Å². The zero-order valence-electron chi connectivity index (χ0n) is 14.0. The number of hydrogen-bond donors (Lipinski definition) is 1. The first-order valence-corrected chi connectivity index (χ1v) is 8.76. The summed E-state index contributed by atoms with van der Waals surface area (Å²) in [6, 6.07) is 2.12. The normalized spacial score (nSPS) is 28.3. The van der Waals surface area contributed by atoms with Crippen LogP contribution in [-0.4, -0.2) is 72.0 Å². The number of H-pyrrole nitrogens is 1. The molecule has 1 aromatic rings. The Hall–Kier alpha value is -0.910. The van der Waals surface area contributed by atoms with Gasteiger partial charge in [0, 0.05) is 50.5 Å². The van der Waals surface area contributed by atoms with Gasteiger partial charge in [-0.3, -0.25) is 10.00 Å². The van der Waals surface area contributed by atoms with E-state index in [-0.39, 0.29) is 0 Å². The molecule has 0 spiro atoms. The molecule has 22 heavy (non-hydrogen) atoms. The first kappa shape index (κ1) is 16.0. The SMILES string of the molecule is CC(C)CN1CCO[C@H](CN2CCC[C@@H](c3ccn[nH]3)C2)C1. The highest BCUT2D eigenvalue weighted by Gasteiger charge is 2.27. The monoisotopic (exact) mass is 306 g/mol. The van der Waals surface area contributed by atoms with Crippen LogP contribution in [0.1, 0.15) is 38.3 Å². The number of likely N-dealkylation sites (tertiary alicyclic amines) is 1. The molecule has 0 amide bonds. The van der Waals surface area contributed by atoms with E-state index < -0.39 is 0 Å². The minimum atomic E-state index is 0.369. The second-order valence-electron chi connectivity index (χ2n) is 7.26. The van der Waals surface area contributed by atoms with Gasteiger partial charge in [0.1, 0.15) is 0 Å². The molecule has 2 atom stereocenters. The summed E-state index contributed by atoms with van der Waals surface area (Å²) >= 11 is 0. The highest BCUT2D eigenvalue weighted by Crippen LogP contribution is 2.25. The van der Waals surface area contributed by atoms with Gasteiger partial charge in [-0.25, -0.2) is 0 Å². The zero-order valence-corrected chi connectivity index (χ0v) is 14.0. The molecule has 5 heteroatoms. The Balaban J connectivity index is 1.49. The minimum Gasteiger partial charge on any atom is -0.374 e. The topological polar surface area (TPSA) is 44.4 Å². The van der Waals surface area contributed by atoms with Crippen LogP contribution in [0.4, 0.5) is 0 Å². The van der Waals surface area contributed by atoms with Crippen molar-refractivity contribution < 1.29 is 4.74 Å². The van der Waals surface area contributed by atoms with Crippen molar-refractivity contribution in [3.05, 3.63) is 18.0 Å². The van der Waals surface area contributed by atoms with E-state index in [1.54, 1.807) is 0 Å². The van der Waals surface area contributed by atoms with Crippen molar-refractivity contribution in [3.63, 3.8) is 0 Å². The number of hydrogen-bond acceptors (Lipinski definition) is 4. The fourth-order valence-electron chi connectivity index (χ4n) is 3.83. The maximum Gasteiger partial charge on any atom is 0.0829 e. The van der Waals surface area contributed by atoms with E-state index in [9.17, 15) is 0 Å². The van der Waals surface area contributed by atoms with Gasteiger partial charge in [-0.15, -0.1) is 0 Å². The van der Waals surface area contributed by atoms with Gasteiger partial charge in [0.15, 0.2) is 0 Å². The average molecular weight is 306 g/mol. The highest BCUT2D eigenvalue weighted by atomic mass is 16.5. The van der Waals surface area contributed by atoms with Crippen molar-refractivity contribution in [1.82, 2.24) is 20.0 Å². The highest BCUT2D eigenvalue weighted by molar-refractivity contribution is 5.07. The number of ether oxygens (including phenoxy) is 1. The number of piperidine rings is 1. The largest absolute Gasteiger partial charge is 0.374 e. The van der Waals surface area contributed by atoms with E-state index in [1.807, 2.05) is 6.20 Å². The van der Waals surface area contributed by atoms with Crippen LogP contribution in [-0.2, 0) is 4.74 Å². The first-order chi connectivity index (χ1) is 10.7. The van der Waals surface area contributed by atoms with Gasteiger partial charge in [0.25, 0.3) is 0 Å². The van der Waals surface area contributed by atoms with Gasteiger partial charge < -0.3 is 9.64 Å². The van der Waals surface area contributed by atoms with Gasteiger partial charge in [-0.2, -0.15) is 5.10 Å². The summed E-state index contributed by atoms with van der Waals surface area (Å²) in [4.78, 5) is 5.15. The lowest BCUT2D eigenvalue weighted by Gasteiger charge is -2.38. The number of aromatic amines is 1. The molecular formula is C17H30N4O. The zero-order chi connectivity index (χ0) is 15.4. The number of nitrogens with one attached hydrogen (secondary N) is 1. The third kappa shape index (κ3) is 4.31. The molecule has 0 bridgehead atoms. The van der Waals surface area contributed by atoms with Crippen LogP contribution in [0.25, 0.3) is 0 Å². The van der Waals surface area contributed by atoms with Gasteiger partial charge in [0.05, 0.1) is 12.7 Å². The van der Waals surface area contributed by atoms with Crippen LogP contribution in [0, 0.1) is 5.92 Å². The minimum absolute atomic E-state index is 0.369. The molecule has 1 aromatic heterocycles. The number of nitrogens with zero attached hydrogens (tertiary/aromatic N) is 3. The smallest absolute Gasteiger partial charge is 0.0829 e. The predicted molar refractivity (Wildman–Crippen MR) is 88.0 cm³/mol. The molecule has 2 aliphatic rings. The number of rotatable bonds is 5. The van der Waals surface area contributed by atoms with Gasteiger partial charge in [-0.05, 0) is 31.4 Å². The summed E-state index contributed by atoms with van der Waals surface area (Å²) in [7, 11) is 0. The van der Waals surface area contributed by atoms with Crippen LogP contribution in [0.5, 0.6) is 0 Å². The molecule has 0 saturated carbocycles.